The second-order valence-corrected chi connectivity index (χ2v) is 1.12. The Morgan fingerprint density at radius 2 is 2.50 bits per heavy atom. The van der Waals surface area contributed by atoms with Crippen LogP contribution in [-0.4, -0.2) is 18.8 Å². The maximum Gasteiger partial charge on any atom is 0.108 e. The van der Waals surface area contributed by atoms with Crippen molar-refractivity contribution in [3.05, 3.63) is 0 Å². The first-order valence-electron chi connectivity index (χ1n) is 1.58. The zero-order valence-electron chi connectivity index (χ0n) is 3.61. The van der Waals surface area contributed by atoms with Gasteiger partial charge in [0, 0.05) is 7.05 Å². The molecule has 0 bridgehead atoms. The van der Waals surface area contributed by atoms with Gasteiger partial charge in [-0.15, -0.1) is 11.6 Å². The number of hydrogen-bond donors (Lipinski definition) is 1. The summed E-state index contributed by atoms with van der Waals surface area (Å²) < 4.78 is 0. The Kier molecular flexibility index (Phi) is 2.85. The molecule has 0 rings (SSSR count). The van der Waals surface area contributed by atoms with Crippen molar-refractivity contribution in [3.63, 3.8) is 0 Å². The fraction of sp³-hybridized carbons (Fsp3) is 0.667. The molecule has 3 heteroatoms. The largest absolute Gasteiger partial charge is 0.386 e. The van der Waals surface area contributed by atoms with E-state index in [-0.39, 0.29) is 0 Å². The maximum absolute atomic E-state index is 5.20. The van der Waals surface area contributed by atoms with Gasteiger partial charge >= 0.3 is 0 Å². The fourth-order valence-electron chi connectivity index (χ4n) is 0.0598. The van der Waals surface area contributed by atoms with Crippen LogP contribution in [0.2, 0.25) is 0 Å². The van der Waals surface area contributed by atoms with E-state index in [1.807, 2.05) is 0 Å². The van der Waals surface area contributed by atoms with Gasteiger partial charge in [-0.3, -0.25) is 4.99 Å². The van der Waals surface area contributed by atoms with Crippen molar-refractivity contribution in [1.29, 1.82) is 0 Å². The average molecular weight is 107 g/mol. The predicted molar refractivity (Wildman–Crippen MR) is 28.3 cm³/mol. The molecule has 0 unspecified atom stereocenters. The molecule has 0 amide bonds. The van der Waals surface area contributed by atoms with Crippen molar-refractivity contribution in [1.82, 2.24) is 0 Å². The molecule has 0 aliphatic rings. The normalized spacial score (nSPS) is 12.0. The molecule has 6 heavy (non-hydrogen) atoms. The SMILES string of the molecule is CN=C(N)CCl. The zero-order chi connectivity index (χ0) is 4.99. The average Bonchev–Trinajstić information content (AvgIpc) is 1.65. The third-order valence-corrected chi connectivity index (χ3v) is 0.698. The number of rotatable bonds is 1. The molecule has 0 aromatic carbocycles. The minimum Gasteiger partial charge on any atom is -0.386 e. The maximum atomic E-state index is 5.20. The molecule has 0 saturated heterocycles. The van der Waals surface area contributed by atoms with Crippen LogP contribution in [0.4, 0.5) is 0 Å². The standard InChI is InChI=1S/C3H7ClN2/c1-6-3(5)2-4/h2H2,1H3,(H2,5,6). The molecule has 0 aromatic rings. The van der Waals surface area contributed by atoms with E-state index in [4.69, 9.17) is 17.3 Å². The minimum absolute atomic E-state index is 0.330. The lowest BCUT2D eigenvalue weighted by molar-refractivity contribution is 1.39. The van der Waals surface area contributed by atoms with Crippen molar-refractivity contribution in [3.8, 4) is 0 Å². The Balaban J connectivity index is 3.22. The quantitative estimate of drug-likeness (QED) is 0.290. The number of aliphatic imine (C=N–C) groups is 1. The third kappa shape index (κ3) is 2.03. The fourth-order valence-corrected chi connectivity index (χ4v) is 0.179. The van der Waals surface area contributed by atoms with Crippen molar-refractivity contribution in [2.45, 2.75) is 0 Å². The molecule has 0 aliphatic carbocycles. The molecule has 0 atom stereocenters. The van der Waals surface area contributed by atoms with E-state index in [1.54, 1.807) is 7.05 Å². The summed E-state index contributed by atoms with van der Waals surface area (Å²) in [5.41, 5.74) is 5.09. The molecule has 0 fully saturated rings. The van der Waals surface area contributed by atoms with Crippen LogP contribution in [0.15, 0.2) is 4.99 Å². The van der Waals surface area contributed by atoms with Gasteiger partial charge in [0.15, 0.2) is 0 Å². The van der Waals surface area contributed by atoms with E-state index in [2.05, 4.69) is 4.99 Å². The lowest BCUT2D eigenvalue weighted by Gasteiger charge is -1.83. The lowest BCUT2D eigenvalue weighted by Crippen LogP contribution is -2.11. The van der Waals surface area contributed by atoms with E-state index in [1.165, 1.54) is 0 Å². The van der Waals surface area contributed by atoms with Gasteiger partial charge in [0.1, 0.15) is 5.84 Å². The number of halogens is 1. The van der Waals surface area contributed by atoms with Crippen LogP contribution in [0.1, 0.15) is 0 Å². The second-order valence-electron chi connectivity index (χ2n) is 0.849. The first-order valence-corrected chi connectivity index (χ1v) is 2.11. The van der Waals surface area contributed by atoms with Crippen LogP contribution in [0.5, 0.6) is 0 Å². The minimum atomic E-state index is 0.330. The van der Waals surface area contributed by atoms with E-state index in [0.29, 0.717) is 11.7 Å². The van der Waals surface area contributed by atoms with E-state index >= 15 is 0 Å². The van der Waals surface area contributed by atoms with Crippen LogP contribution in [-0.2, 0) is 0 Å². The van der Waals surface area contributed by atoms with Gasteiger partial charge in [-0.2, -0.15) is 0 Å². The molecule has 0 saturated carbocycles. The van der Waals surface area contributed by atoms with Crippen LogP contribution in [0.25, 0.3) is 0 Å². The zero-order valence-corrected chi connectivity index (χ0v) is 4.37. The first kappa shape index (κ1) is 5.76. The van der Waals surface area contributed by atoms with Gasteiger partial charge in [-0.1, -0.05) is 0 Å². The lowest BCUT2D eigenvalue weighted by atomic mass is 10.7. The molecule has 2 nitrogen and oxygen atoms in total. The van der Waals surface area contributed by atoms with Crippen molar-refractivity contribution >= 4 is 17.4 Å². The summed E-state index contributed by atoms with van der Waals surface area (Å²) in [6, 6.07) is 0. The summed E-state index contributed by atoms with van der Waals surface area (Å²) in [4.78, 5) is 3.57. The number of alkyl halides is 1. The Bertz CT molecular complexity index is 59.8. The highest BCUT2D eigenvalue weighted by atomic mass is 35.5. The topological polar surface area (TPSA) is 38.4 Å². The summed E-state index contributed by atoms with van der Waals surface area (Å²) >= 11 is 5.20. The van der Waals surface area contributed by atoms with Crippen LogP contribution in [0, 0.1) is 0 Å². The van der Waals surface area contributed by atoms with Crippen LogP contribution in [0.3, 0.4) is 0 Å². The molecule has 0 radical (unpaired) electrons. The van der Waals surface area contributed by atoms with Gasteiger partial charge < -0.3 is 5.73 Å². The predicted octanol–water partition coefficient (Wildman–Crippen LogP) is 0.212. The Morgan fingerprint density at radius 3 is 2.50 bits per heavy atom. The first-order chi connectivity index (χ1) is 2.81. The van der Waals surface area contributed by atoms with Gasteiger partial charge in [0.05, 0.1) is 5.88 Å². The van der Waals surface area contributed by atoms with Gasteiger partial charge in [-0.05, 0) is 0 Å². The second kappa shape index (κ2) is 2.97. The summed E-state index contributed by atoms with van der Waals surface area (Å²) in [7, 11) is 1.61. The molecule has 0 heterocycles. The molecule has 2 N–H and O–H groups in total. The number of nitrogens with two attached hydrogens (primary N) is 1. The van der Waals surface area contributed by atoms with Crippen molar-refractivity contribution in [2.24, 2.45) is 10.7 Å². The summed E-state index contributed by atoms with van der Waals surface area (Å²) in [6.45, 7) is 0. The smallest absolute Gasteiger partial charge is 0.108 e. The van der Waals surface area contributed by atoms with E-state index < -0.39 is 0 Å². The van der Waals surface area contributed by atoms with Crippen LogP contribution < -0.4 is 5.73 Å². The number of nitrogens with zero attached hydrogens (tertiary/aromatic N) is 1. The molecule has 36 valence electrons. The number of amidine groups is 1. The highest BCUT2D eigenvalue weighted by Crippen LogP contribution is 1.70. The van der Waals surface area contributed by atoms with Gasteiger partial charge in [0.25, 0.3) is 0 Å². The molecule has 0 aromatic heterocycles. The Hall–Kier alpha value is -0.240. The number of hydrogen-bond acceptors (Lipinski definition) is 1. The van der Waals surface area contributed by atoms with Crippen molar-refractivity contribution in [2.75, 3.05) is 12.9 Å². The molecule has 0 spiro atoms. The highest BCUT2D eigenvalue weighted by Gasteiger charge is 1.77. The molecule has 0 aliphatic heterocycles. The van der Waals surface area contributed by atoms with Crippen LogP contribution >= 0.6 is 11.6 Å². The van der Waals surface area contributed by atoms with Gasteiger partial charge in [-0.25, -0.2) is 0 Å². The Labute approximate surface area is 42.0 Å². The van der Waals surface area contributed by atoms with E-state index in [9.17, 15) is 0 Å². The molecular formula is C3H7ClN2. The van der Waals surface area contributed by atoms with E-state index in [0.717, 1.165) is 0 Å². The van der Waals surface area contributed by atoms with Crippen molar-refractivity contribution < 1.29 is 0 Å². The summed E-state index contributed by atoms with van der Waals surface area (Å²) in [6.07, 6.45) is 0. The summed E-state index contributed by atoms with van der Waals surface area (Å²) in [5, 5.41) is 0. The highest BCUT2D eigenvalue weighted by molar-refractivity contribution is 6.27. The van der Waals surface area contributed by atoms with Gasteiger partial charge in [0.2, 0.25) is 0 Å². The third-order valence-electron chi connectivity index (χ3n) is 0.424. The monoisotopic (exact) mass is 106 g/mol. The Morgan fingerprint density at radius 1 is 2.00 bits per heavy atom. The molecular weight excluding hydrogens is 99.5 g/mol. The summed E-state index contributed by atoms with van der Waals surface area (Å²) in [5.74, 6) is 0.813.